The fourth-order valence-electron chi connectivity index (χ4n) is 1.83. The van der Waals surface area contributed by atoms with Gasteiger partial charge in [-0.15, -0.1) is 0 Å². The van der Waals surface area contributed by atoms with Crippen molar-refractivity contribution in [3.63, 3.8) is 0 Å². The van der Waals surface area contributed by atoms with E-state index >= 15 is 0 Å². The fourth-order valence-corrected chi connectivity index (χ4v) is 1.99. The molecule has 0 atom stereocenters. The summed E-state index contributed by atoms with van der Waals surface area (Å²) in [5.74, 6) is 0.271. The van der Waals surface area contributed by atoms with Gasteiger partial charge >= 0.3 is 0 Å². The summed E-state index contributed by atoms with van der Waals surface area (Å²) in [4.78, 5) is 7.86. The second kappa shape index (κ2) is 5.88. The molecule has 0 radical (unpaired) electrons. The predicted molar refractivity (Wildman–Crippen MR) is 78.1 cm³/mol. The summed E-state index contributed by atoms with van der Waals surface area (Å²) in [6.45, 7) is 0.555. The number of benzene rings is 1. The smallest absolute Gasteiger partial charge is 0.152 e. The van der Waals surface area contributed by atoms with E-state index in [1.54, 1.807) is 23.0 Å². The van der Waals surface area contributed by atoms with Crippen LogP contribution in [0.1, 0.15) is 5.56 Å². The molecule has 1 N–H and O–H groups in total. The molecule has 0 unspecified atom stereocenters. The molecular formula is C14H11ClFN5. The van der Waals surface area contributed by atoms with Gasteiger partial charge in [-0.25, -0.2) is 14.4 Å². The zero-order chi connectivity index (χ0) is 14.7. The van der Waals surface area contributed by atoms with Crippen molar-refractivity contribution in [2.75, 3.05) is 5.32 Å². The minimum Gasteiger partial charge on any atom is -0.336 e. The van der Waals surface area contributed by atoms with E-state index in [0.29, 0.717) is 17.4 Å². The zero-order valence-electron chi connectivity index (χ0n) is 10.9. The molecular weight excluding hydrogens is 293 g/mol. The Morgan fingerprint density at radius 1 is 1.19 bits per heavy atom. The molecule has 0 fully saturated rings. The van der Waals surface area contributed by atoms with Crippen LogP contribution in [-0.2, 0) is 6.54 Å². The quantitative estimate of drug-likeness (QED) is 0.804. The van der Waals surface area contributed by atoms with Crippen LogP contribution in [-0.4, -0.2) is 19.7 Å². The lowest BCUT2D eigenvalue weighted by molar-refractivity contribution is 0.624. The van der Waals surface area contributed by atoms with Gasteiger partial charge in [-0.2, -0.15) is 5.10 Å². The van der Waals surface area contributed by atoms with Gasteiger partial charge in [0.25, 0.3) is 0 Å². The third-order valence-corrected chi connectivity index (χ3v) is 3.10. The maximum atomic E-state index is 12.9. The molecule has 0 aliphatic carbocycles. The average molecular weight is 304 g/mol. The first-order valence-corrected chi connectivity index (χ1v) is 6.58. The summed E-state index contributed by atoms with van der Waals surface area (Å²) in [6, 6.07) is 6.31. The highest BCUT2D eigenvalue weighted by Crippen LogP contribution is 2.21. The molecule has 7 heteroatoms. The molecule has 0 aliphatic heterocycles. The first-order valence-electron chi connectivity index (χ1n) is 6.20. The van der Waals surface area contributed by atoms with Gasteiger partial charge in [0.15, 0.2) is 5.82 Å². The van der Waals surface area contributed by atoms with Gasteiger partial charge < -0.3 is 5.32 Å². The summed E-state index contributed by atoms with van der Waals surface area (Å²) in [5.41, 5.74) is 1.73. The molecule has 3 aromatic rings. The van der Waals surface area contributed by atoms with E-state index in [0.717, 1.165) is 11.3 Å². The summed E-state index contributed by atoms with van der Waals surface area (Å²) < 4.78 is 14.6. The third-order valence-electron chi connectivity index (χ3n) is 2.82. The van der Waals surface area contributed by atoms with Crippen molar-refractivity contribution < 1.29 is 4.39 Å². The minimum absolute atomic E-state index is 0.250. The molecule has 0 spiro atoms. The molecule has 2 heterocycles. The van der Waals surface area contributed by atoms with Gasteiger partial charge in [0, 0.05) is 6.20 Å². The van der Waals surface area contributed by atoms with Crippen LogP contribution in [0.4, 0.5) is 15.9 Å². The SMILES string of the molecule is Fc1ccc(Cn2cc(Nc3ncncc3Cl)cn2)cc1. The Hall–Kier alpha value is -2.47. The van der Waals surface area contributed by atoms with E-state index in [4.69, 9.17) is 11.6 Å². The molecule has 5 nitrogen and oxygen atoms in total. The minimum atomic E-state index is -0.250. The number of rotatable bonds is 4. The van der Waals surface area contributed by atoms with Crippen LogP contribution < -0.4 is 5.32 Å². The molecule has 1 aromatic carbocycles. The maximum Gasteiger partial charge on any atom is 0.152 e. The Labute approximate surface area is 125 Å². The highest BCUT2D eigenvalue weighted by Gasteiger charge is 2.04. The van der Waals surface area contributed by atoms with E-state index in [1.807, 2.05) is 6.20 Å². The Bertz CT molecular complexity index is 741. The number of hydrogen-bond acceptors (Lipinski definition) is 4. The topological polar surface area (TPSA) is 55.6 Å². The van der Waals surface area contributed by atoms with Gasteiger partial charge in [0.05, 0.1) is 24.6 Å². The van der Waals surface area contributed by atoms with Gasteiger partial charge in [-0.1, -0.05) is 23.7 Å². The molecule has 21 heavy (non-hydrogen) atoms. The number of hydrogen-bond donors (Lipinski definition) is 1. The summed E-state index contributed by atoms with van der Waals surface area (Å²) in [6.07, 6.45) is 6.42. The van der Waals surface area contributed by atoms with Gasteiger partial charge in [-0.05, 0) is 17.7 Å². The normalized spacial score (nSPS) is 10.6. The van der Waals surface area contributed by atoms with E-state index in [2.05, 4.69) is 20.4 Å². The van der Waals surface area contributed by atoms with E-state index in [9.17, 15) is 4.39 Å². The molecule has 0 aliphatic rings. The Morgan fingerprint density at radius 3 is 2.76 bits per heavy atom. The van der Waals surface area contributed by atoms with Crippen molar-refractivity contribution in [2.24, 2.45) is 0 Å². The molecule has 0 amide bonds. The second-order valence-corrected chi connectivity index (χ2v) is 4.80. The highest BCUT2D eigenvalue weighted by atomic mass is 35.5. The predicted octanol–water partition coefficient (Wildman–Crippen LogP) is 3.26. The van der Waals surface area contributed by atoms with Crippen molar-refractivity contribution in [3.8, 4) is 0 Å². The molecule has 0 bridgehead atoms. The van der Waals surface area contributed by atoms with Crippen molar-refractivity contribution in [1.29, 1.82) is 0 Å². The van der Waals surface area contributed by atoms with Crippen molar-refractivity contribution >= 4 is 23.1 Å². The van der Waals surface area contributed by atoms with Crippen LogP contribution in [0.2, 0.25) is 5.02 Å². The largest absolute Gasteiger partial charge is 0.336 e. The van der Waals surface area contributed by atoms with E-state index in [-0.39, 0.29) is 5.82 Å². The van der Waals surface area contributed by atoms with Gasteiger partial charge in [0.2, 0.25) is 0 Å². The Balaban J connectivity index is 1.72. The zero-order valence-corrected chi connectivity index (χ0v) is 11.6. The van der Waals surface area contributed by atoms with Crippen LogP contribution in [0.3, 0.4) is 0 Å². The van der Waals surface area contributed by atoms with Crippen molar-refractivity contribution in [3.05, 3.63) is 65.6 Å². The maximum absolute atomic E-state index is 12.9. The average Bonchev–Trinajstić information content (AvgIpc) is 2.91. The number of aromatic nitrogens is 4. The summed E-state index contributed by atoms with van der Waals surface area (Å²) in [5, 5.41) is 7.73. The molecule has 2 aromatic heterocycles. The third kappa shape index (κ3) is 3.35. The van der Waals surface area contributed by atoms with Crippen LogP contribution in [0, 0.1) is 5.82 Å². The Kier molecular flexibility index (Phi) is 3.79. The number of nitrogens with zero attached hydrogens (tertiary/aromatic N) is 4. The highest BCUT2D eigenvalue weighted by molar-refractivity contribution is 6.32. The summed E-state index contributed by atoms with van der Waals surface area (Å²) >= 11 is 5.98. The number of halogens is 2. The van der Waals surface area contributed by atoms with Gasteiger partial charge in [-0.3, -0.25) is 4.68 Å². The number of anilines is 2. The molecule has 3 rings (SSSR count). The summed E-state index contributed by atoms with van der Waals surface area (Å²) in [7, 11) is 0. The van der Waals surface area contributed by atoms with Crippen LogP contribution in [0.5, 0.6) is 0 Å². The standard InChI is InChI=1S/C14H11ClFN5/c15-13-6-17-9-18-14(13)20-12-5-19-21(8-12)7-10-1-3-11(16)4-2-10/h1-6,8-9H,7H2,(H,17,18,20). The molecule has 0 saturated carbocycles. The first kappa shape index (κ1) is 13.5. The van der Waals surface area contributed by atoms with E-state index < -0.39 is 0 Å². The molecule has 106 valence electrons. The fraction of sp³-hybridized carbons (Fsp3) is 0.0714. The lowest BCUT2D eigenvalue weighted by Gasteiger charge is -2.03. The Morgan fingerprint density at radius 2 is 2.00 bits per heavy atom. The first-order chi connectivity index (χ1) is 10.2. The lowest BCUT2D eigenvalue weighted by Crippen LogP contribution is -2.00. The monoisotopic (exact) mass is 303 g/mol. The second-order valence-electron chi connectivity index (χ2n) is 4.40. The van der Waals surface area contributed by atoms with Crippen LogP contribution in [0.15, 0.2) is 49.2 Å². The lowest BCUT2D eigenvalue weighted by atomic mass is 10.2. The van der Waals surface area contributed by atoms with Crippen LogP contribution >= 0.6 is 11.6 Å². The van der Waals surface area contributed by atoms with Gasteiger partial charge in [0.1, 0.15) is 17.2 Å². The van der Waals surface area contributed by atoms with Crippen molar-refractivity contribution in [2.45, 2.75) is 6.54 Å². The molecule has 0 saturated heterocycles. The van der Waals surface area contributed by atoms with Crippen molar-refractivity contribution in [1.82, 2.24) is 19.7 Å². The van der Waals surface area contributed by atoms with E-state index in [1.165, 1.54) is 24.7 Å². The van der Waals surface area contributed by atoms with Crippen LogP contribution in [0.25, 0.3) is 0 Å². The number of nitrogens with one attached hydrogen (secondary N) is 1.